The highest BCUT2D eigenvalue weighted by molar-refractivity contribution is 6.06. The second kappa shape index (κ2) is 8.06. The van der Waals surface area contributed by atoms with Gasteiger partial charge in [0, 0.05) is 24.5 Å². The second-order valence-electron chi connectivity index (χ2n) is 6.60. The number of benzene rings is 2. The van der Waals surface area contributed by atoms with Gasteiger partial charge in [0.15, 0.2) is 0 Å². The molecule has 1 fully saturated rings. The number of para-hydroxylation sites is 1. The molecule has 0 spiro atoms. The summed E-state index contributed by atoms with van der Waals surface area (Å²) in [5.74, 6) is 1.28. The van der Waals surface area contributed by atoms with E-state index in [1.807, 2.05) is 37.3 Å². The lowest BCUT2D eigenvalue weighted by molar-refractivity contribution is 0.102. The Labute approximate surface area is 149 Å². The van der Waals surface area contributed by atoms with Gasteiger partial charge < -0.3 is 15.0 Å². The summed E-state index contributed by atoms with van der Waals surface area (Å²) in [6.45, 7) is 6.97. The normalized spacial score (nSPS) is 15.0. The zero-order chi connectivity index (χ0) is 17.6. The smallest absolute Gasteiger partial charge is 0.259 e. The van der Waals surface area contributed by atoms with Crippen molar-refractivity contribution < 1.29 is 9.53 Å². The predicted molar refractivity (Wildman–Crippen MR) is 103 cm³/mol. The lowest BCUT2D eigenvalue weighted by Gasteiger charge is -2.32. The SMILES string of the molecule is CCOc1ccccc1C(=O)Nc1ccc(N2CCC(C)CC2)cc1. The van der Waals surface area contributed by atoms with Crippen LogP contribution in [0.5, 0.6) is 5.75 Å². The van der Waals surface area contributed by atoms with Crippen molar-refractivity contribution >= 4 is 17.3 Å². The average molecular weight is 338 g/mol. The Morgan fingerprint density at radius 1 is 1.12 bits per heavy atom. The summed E-state index contributed by atoms with van der Waals surface area (Å²) >= 11 is 0. The van der Waals surface area contributed by atoms with Gasteiger partial charge in [-0.25, -0.2) is 0 Å². The van der Waals surface area contributed by atoms with Crippen LogP contribution in [0.1, 0.15) is 37.0 Å². The van der Waals surface area contributed by atoms with Crippen LogP contribution in [-0.4, -0.2) is 25.6 Å². The molecule has 1 N–H and O–H groups in total. The van der Waals surface area contributed by atoms with Gasteiger partial charge >= 0.3 is 0 Å². The molecule has 4 heteroatoms. The molecule has 1 aliphatic rings. The van der Waals surface area contributed by atoms with Gasteiger partial charge in [-0.2, -0.15) is 0 Å². The molecular formula is C21H26N2O2. The lowest BCUT2D eigenvalue weighted by atomic mass is 9.99. The van der Waals surface area contributed by atoms with Crippen molar-refractivity contribution in [1.82, 2.24) is 0 Å². The average Bonchev–Trinajstić information content (AvgIpc) is 2.64. The van der Waals surface area contributed by atoms with Gasteiger partial charge in [-0.05, 0) is 62.1 Å². The van der Waals surface area contributed by atoms with Gasteiger partial charge in [0.05, 0.1) is 12.2 Å². The molecule has 2 aromatic carbocycles. The Bertz CT molecular complexity index is 704. The third-order valence-corrected chi connectivity index (χ3v) is 4.71. The maximum atomic E-state index is 12.5. The summed E-state index contributed by atoms with van der Waals surface area (Å²) in [4.78, 5) is 14.9. The number of nitrogens with zero attached hydrogens (tertiary/aromatic N) is 1. The van der Waals surface area contributed by atoms with Gasteiger partial charge in [-0.3, -0.25) is 4.79 Å². The molecule has 0 saturated carbocycles. The maximum absolute atomic E-state index is 12.5. The van der Waals surface area contributed by atoms with Crippen LogP contribution in [0.25, 0.3) is 0 Å². The first-order valence-corrected chi connectivity index (χ1v) is 9.05. The maximum Gasteiger partial charge on any atom is 0.259 e. The quantitative estimate of drug-likeness (QED) is 0.868. The summed E-state index contributed by atoms with van der Waals surface area (Å²) < 4.78 is 5.54. The molecule has 1 amide bonds. The van der Waals surface area contributed by atoms with Crippen LogP contribution in [0.4, 0.5) is 11.4 Å². The zero-order valence-corrected chi connectivity index (χ0v) is 15.0. The number of hydrogen-bond donors (Lipinski definition) is 1. The van der Waals surface area contributed by atoms with E-state index >= 15 is 0 Å². The van der Waals surface area contributed by atoms with E-state index in [0.717, 1.165) is 24.7 Å². The number of carbonyl (C=O) groups is 1. The molecular weight excluding hydrogens is 312 g/mol. The number of anilines is 2. The van der Waals surface area contributed by atoms with E-state index in [2.05, 4.69) is 29.3 Å². The molecule has 0 bridgehead atoms. The Hall–Kier alpha value is -2.49. The minimum atomic E-state index is -0.149. The van der Waals surface area contributed by atoms with Gasteiger partial charge in [0.2, 0.25) is 0 Å². The molecule has 2 aromatic rings. The van der Waals surface area contributed by atoms with Crippen LogP contribution < -0.4 is 15.0 Å². The van der Waals surface area contributed by atoms with Crippen LogP contribution >= 0.6 is 0 Å². The number of rotatable bonds is 5. The first kappa shape index (κ1) is 17.3. The third-order valence-electron chi connectivity index (χ3n) is 4.71. The van der Waals surface area contributed by atoms with E-state index in [1.165, 1.54) is 18.5 Å². The summed E-state index contributed by atoms with van der Waals surface area (Å²) in [5, 5.41) is 2.96. The summed E-state index contributed by atoms with van der Waals surface area (Å²) in [7, 11) is 0. The number of hydrogen-bond acceptors (Lipinski definition) is 3. The fourth-order valence-electron chi connectivity index (χ4n) is 3.16. The van der Waals surface area contributed by atoms with Crippen molar-refractivity contribution in [3.63, 3.8) is 0 Å². The van der Waals surface area contributed by atoms with Crippen molar-refractivity contribution in [1.29, 1.82) is 0 Å². The lowest BCUT2D eigenvalue weighted by Crippen LogP contribution is -2.32. The Morgan fingerprint density at radius 3 is 2.48 bits per heavy atom. The van der Waals surface area contributed by atoms with Crippen molar-refractivity contribution in [2.24, 2.45) is 5.92 Å². The van der Waals surface area contributed by atoms with E-state index < -0.39 is 0 Å². The molecule has 1 aliphatic heterocycles. The largest absolute Gasteiger partial charge is 0.493 e. The minimum absolute atomic E-state index is 0.149. The Morgan fingerprint density at radius 2 is 1.80 bits per heavy atom. The van der Waals surface area contributed by atoms with E-state index in [0.29, 0.717) is 17.9 Å². The fraction of sp³-hybridized carbons (Fsp3) is 0.381. The van der Waals surface area contributed by atoms with Crippen molar-refractivity contribution in [2.75, 3.05) is 29.9 Å². The van der Waals surface area contributed by atoms with Gasteiger partial charge in [-0.15, -0.1) is 0 Å². The zero-order valence-electron chi connectivity index (χ0n) is 15.0. The third kappa shape index (κ3) is 4.32. The molecule has 0 unspecified atom stereocenters. The van der Waals surface area contributed by atoms with E-state index in [-0.39, 0.29) is 5.91 Å². The van der Waals surface area contributed by atoms with Crippen LogP contribution in [0.3, 0.4) is 0 Å². The van der Waals surface area contributed by atoms with Crippen molar-refractivity contribution in [3.8, 4) is 5.75 Å². The Balaban J connectivity index is 1.66. The van der Waals surface area contributed by atoms with Crippen LogP contribution in [0.2, 0.25) is 0 Å². The summed E-state index contributed by atoms with van der Waals surface area (Å²) in [5.41, 5.74) is 2.57. The molecule has 0 atom stereocenters. The number of carbonyl (C=O) groups excluding carboxylic acids is 1. The fourth-order valence-corrected chi connectivity index (χ4v) is 3.16. The van der Waals surface area contributed by atoms with Crippen molar-refractivity contribution in [3.05, 3.63) is 54.1 Å². The number of nitrogens with one attached hydrogen (secondary N) is 1. The molecule has 4 nitrogen and oxygen atoms in total. The van der Waals surface area contributed by atoms with E-state index in [4.69, 9.17) is 4.74 Å². The Kier molecular flexibility index (Phi) is 5.59. The molecule has 1 saturated heterocycles. The van der Waals surface area contributed by atoms with Gasteiger partial charge in [0.25, 0.3) is 5.91 Å². The number of piperidine rings is 1. The highest BCUT2D eigenvalue weighted by Crippen LogP contribution is 2.25. The van der Waals surface area contributed by atoms with Crippen LogP contribution in [0.15, 0.2) is 48.5 Å². The molecule has 1 heterocycles. The monoisotopic (exact) mass is 338 g/mol. The van der Waals surface area contributed by atoms with Gasteiger partial charge in [0.1, 0.15) is 5.75 Å². The van der Waals surface area contributed by atoms with Crippen LogP contribution in [-0.2, 0) is 0 Å². The first-order valence-electron chi connectivity index (χ1n) is 9.05. The summed E-state index contributed by atoms with van der Waals surface area (Å²) in [6, 6.07) is 15.4. The number of amides is 1. The van der Waals surface area contributed by atoms with E-state index in [9.17, 15) is 4.79 Å². The molecule has 3 rings (SSSR count). The highest BCUT2D eigenvalue weighted by atomic mass is 16.5. The van der Waals surface area contributed by atoms with Crippen LogP contribution in [0, 0.1) is 5.92 Å². The second-order valence-corrected chi connectivity index (χ2v) is 6.60. The van der Waals surface area contributed by atoms with Crippen molar-refractivity contribution in [2.45, 2.75) is 26.7 Å². The molecule has 25 heavy (non-hydrogen) atoms. The predicted octanol–water partition coefficient (Wildman–Crippen LogP) is 4.57. The minimum Gasteiger partial charge on any atom is -0.493 e. The summed E-state index contributed by atoms with van der Waals surface area (Å²) in [6.07, 6.45) is 2.49. The highest BCUT2D eigenvalue weighted by Gasteiger charge is 2.16. The number of ether oxygens (including phenoxy) is 1. The molecule has 0 aliphatic carbocycles. The first-order chi connectivity index (χ1) is 12.2. The molecule has 0 aromatic heterocycles. The van der Waals surface area contributed by atoms with Gasteiger partial charge in [-0.1, -0.05) is 19.1 Å². The standard InChI is InChI=1S/C21H26N2O2/c1-3-25-20-7-5-4-6-19(20)21(24)22-17-8-10-18(11-9-17)23-14-12-16(2)13-15-23/h4-11,16H,3,12-15H2,1-2H3,(H,22,24). The molecule has 0 radical (unpaired) electrons. The molecule has 132 valence electrons. The topological polar surface area (TPSA) is 41.6 Å². The van der Waals surface area contributed by atoms with E-state index in [1.54, 1.807) is 6.07 Å².